The molecular formula is C12H9BrClNO. The maximum Gasteiger partial charge on any atom is 0.138 e. The standard InChI is InChI=1S/C12H9BrClNO/c13-10-4-3-9(12(14)6-10)8-16-11-2-1-5-15-7-11/h1-7H,8H2. The molecule has 0 saturated carbocycles. The van der Waals surface area contributed by atoms with Crippen molar-refractivity contribution < 1.29 is 4.74 Å². The van der Waals surface area contributed by atoms with Crippen molar-refractivity contribution in [1.82, 2.24) is 4.98 Å². The summed E-state index contributed by atoms with van der Waals surface area (Å²) in [6.07, 6.45) is 3.38. The molecule has 0 atom stereocenters. The zero-order valence-corrected chi connectivity index (χ0v) is 10.7. The average Bonchev–Trinajstić information content (AvgIpc) is 2.29. The molecule has 4 heteroatoms. The van der Waals surface area contributed by atoms with E-state index in [-0.39, 0.29) is 0 Å². The van der Waals surface area contributed by atoms with Crippen LogP contribution < -0.4 is 4.74 Å². The fourth-order valence-electron chi connectivity index (χ4n) is 1.23. The van der Waals surface area contributed by atoms with Crippen LogP contribution in [0.2, 0.25) is 5.02 Å². The van der Waals surface area contributed by atoms with Crippen molar-refractivity contribution in [1.29, 1.82) is 0 Å². The number of hydrogen-bond acceptors (Lipinski definition) is 2. The number of halogens is 2. The molecular weight excluding hydrogens is 289 g/mol. The second kappa shape index (κ2) is 5.32. The van der Waals surface area contributed by atoms with E-state index >= 15 is 0 Å². The molecule has 2 rings (SSSR count). The highest BCUT2D eigenvalue weighted by molar-refractivity contribution is 9.10. The molecule has 1 aromatic heterocycles. The molecule has 2 nitrogen and oxygen atoms in total. The number of rotatable bonds is 3. The number of ether oxygens (including phenoxy) is 1. The van der Waals surface area contributed by atoms with E-state index in [4.69, 9.17) is 16.3 Å². The molecule has 0 saturated heterocycles. The largest absolute Gasteiger partial charge is 0.487 e. The fourth-order valence-corrected chi connectivity index (χ4v) is 1.96. The maximum atomic E-state index is 6.07. The summed E-state index contributed by atoms with van der Waals surface area (Å²) in [5.41, 5.74) is 0.953. The SMILES string of the molecule is Clc1cc(Br)ccc1COc1cccnc1. The third-order valence-electron chi connectivity index (χ3n) is 2.04. The molecule has 16 heavy (non-hydrogen) atoms. The van der Waals surface area contributed by atoms with E-state index in [0.717, 1.165) is 15.8 Å². The van der Waals surface area contributed by atoms with Crippen LogP contribution in [-0.4, -0.2) is 4.98 Å². The highest BCUT2D eigenvalue weighted by atomic mass is 79.9. The molecule has 0 spiro atoms. The summed E-state index contributed by atoms with van der Waals surface area (Å²) in [5, 5.41) is 0.693. The van der Waals surface area contributed by atoms with Gasteiger partial charge in [0.15, 0.2) is 0 Å². The van der Waals surface area contributed by atoms with Crippen LogP contribution in [0.5, 0.6) is 5.75 Å². The Balaban J connectivity index is 2.05. The fraction of sp³-hybridized carbons (Fsp3) is 0.0833. The molecule has 82 valence electrons. The van der Waals surface area contributed by atoms with Gasteiger partial charge in [0.1, 0.15) is 12.4 Å². The van der Waals surface area contributed by atoms with Crippen molar-refractivity contribution in [2.45, 2.75) is 6.61 Å². The molecule has 0 N–H and O–H groups in total. The van der Waals surface area contributed by atoms with E-state index in [1.807, 2.05) is 30.3 Å². The van der Waals surface area contributed by atoms with Gasteiger partial charge in [0, 0.05) is 21.3 Å². The van der Waals surface area contributed by atoms with Crippen molar-refractivity contribution in [2.75, 3.05) is 0 Å². The second-order valence-electron chi connectivity index (χ2n) is 3.21. The van der Waals surface area contributed by atoms with Crippen molar-refractivity contribution in [3.63, 3.8) is 0 Å². The molecule has 0 radical (unpaired) electrons. The highest BCUT2D eigenvalue weighted by Gasteiger charge is 2.02. The lowest BCUT2D eigenvalue weighted by Gasteiger charge is -2.07. The van der Waals surface area contributed by atoms with Gasteiger partial charge in [-0.25, -0.2) is 0 Å². The molecule has 1 aromatic carbocycles. The second-order valence-corrected chi connectivity index (χ2v) is 4.54. The predicted octanol–water partition coefficient (Wildman–Crippen LogP) is 4.08. The van der Waals surface area contributed by atoms with E-state index < -0.39 is 0 Å². The Kier molecular flexibility index (Phi) is 3.80. The van der Waals surface area contributed by atoms with Gasteiger partial charge in [0.2, 0.25) is 0 Å². The van der Waals surface area contributed by atoms with Crippen LogP contribution in [0, 0.1) is 0 Å². The third-order valence-corrected chi connectivity index (χ3v) is 2.89. The van der Waals surface area contributed by atoms with Crippen molar-refractivity contribution >= 4 is 27.5 Å². The lowest BCUT2D eigenvalue weighted by molar-refractivity contribution is 0.305. The van der Waals surface area contributed by atoms with Crippen LogP contribution in [-0.2, 0) is 6.61 Å². The van der Waals surface area contributed by atoms with Crippen molar-refractivity contribution in [3.8, 4) is 5.75 Å². The van der Waals surface area contributed by atoms with Gasteiger partial charge in [-0.2, -0.15) is 0 Å². The molecule has 0 bridgehead atoms. The van der Waals surface area contributed by atoms with E-state index in [1.165, 1.54) is 0 Å². The number of benzene rings is 1. The molecule has 1 heterocycles. The Labute approximate surface area is 107 Å². The van der Waals surface area contributed by atoms with Crippen molar-refractivity contribution in [2.24, 2.45) is 0 Å². The van der Waals surface area contributed by atoms with Gasteiger partial charge >= 0.3 is 0 Å². The topological polar surface area (TPSA) is 22.1 Å². The van der Waals surface area contributed by atoms with Gasteiger partial charge < -0.3 is 4.74 Å². The Morgan fingerprint density at radius 3 is 2.88 bits per heavy atom. The molecule has 0 aliphatic carbocycles. The first kappa shape index (κ1) is 11.4. The van der Waals surface area contributed by atoms with Crippen LogP contribution in [0.1, 0.15) is 5.56 Å². The lowest BCUT2D eigenvalue weighted by Crippen LogP contribution is -1.96. The van der Waals surface area contributed by atoms with E-state index in [0.29, 0.717) is 11.6 Å². The van der Waals surface area contributed by atoms with Gasteiger partial charge in [-0.3, -0.25) is 4.98 Å². The monoisotopic (exact) mass is 297 g/mol. The summed E-state index contributed by atoms with van der Waals surface area (Å²) in [7, 11) is 0. The molecule has 0 aliphatic rings. The van der Waals surface area contributed by atoms with Gasteiger partial charge in [0.25, 0.3) is 0 Å². The number of pyridine rings is 1. The Bertz CT molecular complexity index is 476. The zero-order chi connectivity index (χ0) is 11.4. The number of nitrogens with zero attached hydrogens (tertiary/aromatic N) is 1. The lowest BCUT2D eigenvalue weighted by atomic mass is 10.2. The van der Waals surface area contributed by atoms with Gasteiger partial charge in [-0.1, -0.05) is 33.6 Å². The van der Waals surface area contributed by atoms with E-state index in [1.54, 1.807) is 12.4 Å². The maximum absolute atomic E-state index is 6.07. The summed E-state index contributed by atoms with van der Waals surface area (Å²) >= 11 is 9.43. The Morgan fingerprint density at radius 2 is 2.19 bits per heavy atom. The highest BCUT2D eigenvalue weighted by Crippen LogP contribution is 2.22. The average molecular weight is 299 g/mol. The van der Waals surface area contributed by atoms with Crippen LogP contribution in [0.15, 0.2) is 47.2 Å². The first-order valence-corrected chi connectivity index (χ1v) is 5.89. The third kappa shape index (κ3) is 2.97. The molecule has 0 amide bonds. The predicted molar refractivity (Wildman–Crippen MR) is 67.7 cm³/mol. The van der Waals surface area contributed by atoms with Crippen LogP contribution >= 0.6 is 27.5 Å². The molecule has 0 aliphatic heterocycles. The minimum Gasteiger partial charge on any atom is -0.487 e. The minimum absolute atomic E-state index is 0.442. The van der Waals surface area contributed by atoms with Gasteiger partial charge in [-0.05, 0) is 24.3 Å². The van der Waals surface area contributed by atoms with Crippen LogP contribution in [0.3, 0.4) is 0 Å². The van der Waals surface area contributed by atoms with Crippen LogP contribution in [0.25, 0.3) is 0 Å². The van der Waals surface area contributed by atoms with Crippen molar-refractivity contribution in [3.05, 3.63) is 57.8 Å². The van der Waals surface area contributed by atoms with Crippen LogP contribution in [0.4, 0.5) is 0 Å². The molecule has 0 fully saturated rings. The Morgan fingerprint density at radius 1 is 1.31 bits per heavy atom. The van der Waals surface area contributed by atoms with E-state index in [9.17, 15) is 0 Å². The first-order chi connectivity index (χ1) is 7.75. The summed E-state index contributed by atoms with van der Waals surface area (Å²) in [6.45, 7) is 0.442. The van der Waals surface area contributed by atoms with Gasteiger partial charge in [0.05, 0.1) is 6.20 Å². The summed E-state index contributed by atoms with van der Waals surface area (Å²) in [6, 6.07) is 9.42. The first-order valence-electron chi connectivity index (χ1n) is 4.72. The minimum atomic E-state index is 0.442. The Hall–Kier alpha value is -1.06. The van der Waals surface area contributed by atoms with Gasteiger partial charge in [-0.15, -0.1) is 0 Å². The normalized spacial score (nSPS) is 10.1. The number of hydrogen-bond donors (Lipinski definition) is 0. The smallest absolute Gasteiger partial charge is 0.138 e. The summed E-state index contributed by atoms with van der Waals surface area (Å²) in [5.74, 6) is 0.737. The zero-order valence-electron chi connectivity index (χ0n) is 8.36. The number of aromatic nitrogens is 1. The quantitative estimate of drug-likeness (QED) is 0.852. The van der Waals surface area contributed by atoms with E-state index in [2.05, 4.69) is 20.9 Å². The summed E-state index contributed by atoms with van der Waals surface area (Å²) in [4.78, 5) is 3.97. The molecule has 0 unspecified atom stereocenters. The summed E-state index contributed by atoms with van der Waals surface area (Å²) < 4.78 is 6.51. The molecule has 2 aromatic rings.